The Bertz CT molecular complexity index is 884. The van der Waals surface area contributed by atoms with E-state index in [1.165, 1.54) is 6.20 Å². The summed E-state index contributed by atoms with van der Waals surface area (Å²) in [5.41, 5.74) is 0.578. The molecule has 0 bridgehead atoms. The van der Waals surface area contributed by atoms with Crippen molar-refractivity contribution in [2.75, 3.05) is 24.3 Å². The average molecular weight is 357 g/mol. The summed E-state index contributed by atoms with van der Waals surface area (Å²) >= 11 is 0. The predicted molar refractivity (Wildman–Crippen MR) is 91.9 cm³/mol. The molecule has 8 heteroatoms. The van der Waals surface area contributed by atoms with Gasteiger partial charge >= 0.3 is 6.18 Å². The number of allylic oxidation sites excluding steroid dienone is 1. The highest BCUT2D eigenvalue weighted by molar-refractivity contribution is 5.77. The molecule has 0 aliphatic carbocycles. The molecule has 0 saturated carbocycles. The third-order valence-electron chi connectivity index (χ3n) is 3.44. The van der Waals surface area contributed by atoms with Crippen LogP contribution in [0.2, 0.25) is 0 Å². The maximum absolute atomic E-state index is 13.0. The number of benzene rings is 1. The summed E-state index contributed by atoms with van der Waals surface area (Å²) in [5, 5.41) is 20.2. The van der Waals surface area contributed by atoms with Crippen LogP contribution in [0.4, 0.5) is 24.7 Å². The molecule has 5 nitrogen and oxygen atoms in total. The second-order valence-electron chi connectivity index (χ2n) is 5.49. The molecule has 0 saturated heterocycles. The van der Waals surface area contributed by atoms with Crippen molar-refractivity contribution in [3.8, 4) is 23.3 Å². The number of halogens is 3. The highest BCUT2D eigenvalue weighted by Gasteiger charge is 2.32. The van der Waals surface area contributed by atoms with Gasteiger partial charge in [0.25, 0.3) is 0 Å². The van der Waals surface area contributed by atoms with Gasteiger partial charge in [0, 0.05) is 37.7 Å². The van der Waals surface area contributed by atoms with Crippen LogP contribution in [-0.4, -0.2) is 19.1 Å². The third kappa shape index (κ3) is 4.31. The van der Waals surface area contributed by atoms with E-state index in [0.717, 1.165) is 12.3 Å². The van der Waals surface area contributed by atoms with E-state index in [1.54, 1.807) is 55.4 Å². The zero-order chi connectivity index (χ0) is 19.3. The first-order valence-corrected chi connectivity index (χ1v) is 7.38. The fourth-order valence-electron chi connectivity index (χ4n) is 2.17. The van der Waals surface area contributed by atoms with Gasteiger partial charge in [0.2, 0.25) is 0 Å². The van der Waals surface area contributed by atoms with Crippen molar-refractivity contribution < 1.29 is 13.2 Å². The molecule has 0 unspecified atom stereocenters. The Hall–Kier alpha value is -3.52. The minimum absolute atomic E-state index is 0.0916. The molecule has 1 aromatic carbocycles. The van der Waals surface area contributed by atoms with Gasteiger partial charge in [0.15, 0.2) is 0 Å². The Morgan fingerprint density at radius 1 is 1.15 bits per heavy atom. The second-order valence-corrected chi connectivity index (χ2v) is 5.49. The molecule has 0 atom stereocenters. The van der Waals surface area contributed by atoms with E-state index in [2.05, 4.69) is 10.3 Å². The van der Waals surface area contributed by atoms with Crippen molar-refractivity contribution in [2.24, 2.45) is 0 Å². The van der Waals surface area contributed by atoms with Crippen molar-refractivity contribution in [3.05, 3.63) is 53.9 Å². The van der Waals surface area contributed by atoms with Crippen molar-refractivity contribution in [1.82, 2.24) is 4.98 Å². The van der Waals surface area contributed by atoms with Crippen LogP contribution in [0.5, 0.6) is 0 Å². The summed E-state index contributed by atoms with van der Waals surface area (Å²) < 4.78 is 39.0. The van der Waals surface area contributed by atoms with Gasteiger partial charge in [-0.25, -0.2) is 4.98 Å². The molecule has 1 heterocycles. The maximum Gasteiger partial charge on any atom is 0.417 e. The van der Waals surface area contributed by atoms with Gasteiger partial charge in [-0.2, -0.15) is 23.7 Å². The predicted octanol–water partition coefficient (Wildman–Crippen LogP) is 4.18. The van der Waals surface area contributed by atoms with Crippen molar-refractivity contribution in [2.45, 2.75) is 6.18 Å². The molecule has 1 aromatic heterocycles. The number of anilines is 2. The smallest absolute Gasteiger partial charge is 0.362 e. The maximum atomic E-state index is 13.0. The quantitative estimate of drug-likeness (QED) is 0.831. The molecule has 0 amide bonds. The number of aromatic nitrogens is 1. The average Bonchev–Trinajstić information content (AvgIpc) is 2.61. The van der Waals surface area contributed by atoms with Crippen LogP contribution in [0.25, 0.3) is 11.1 Å². The highest BCUT2D eigenvalue weighted by Crippen LogP contribution is 2.35. The minimum Gasteiger partial charge on any atom is -0.362 e. The molecule has 0 aliphatic rings. The van der Waals surface area contributed by atoms with Gasteiger partial charge in [0.1, 0.15) is 23.5 Å². The van der Waals surface area contributed by atoms with Crippen molar-refractivity contribution in [3.63, 3.8) is 0 Å². The van der Waals surface area contributed by atoms with Crippen LogP contribution >= 0.6 is 0 Å². The molecule has 0 spiro atoms. The summed E-state index contributed by atoms with van der Waals surface area (Å²) in [7, 11) is 3.40. The molecular weight excluding hydrogens is 343 g/mol. The van der Waals surface area contributed by atoms with E-state index in [-0.39, 0.29) is 5.57 Å². The molecule has 0 radical (unpaired) electrons. The lowest BCUT2D eigenvalue weighted by Gasteiger charge is -2.18. The van der Waals surface area contributed by atoms with E-state index >= 15 is 0 Å². The number of hydrogen-bond acceptors (Lipinski definition) is 5. The summed E-state index contributed by atoms with van der Waals surface area (Å²) in [6.07, 6.45) is -2.42. The van der Waals surface area contributed by atoms with Crippen LogP contribution < -0.4 is 10.2 Å². The van der Waals surface area contributed by atoms with Gasteiger partial charge < -0.3 is 10.2 Å². The Morgan fingerprint density at radius 3 is 2.27 bits per heavy atom. The van der Waals surface area contributed by atoms with Crippen LogP contribution in [0.15, 0.2) is 48.3 Å². The zero-order valence-electron chi connectivity index (χ0n) is 14.0. The molecule has 0 fully saturated rings. The first-order valence-electron chi connectivity index (χ1n) is 7.38. The first kappa shape index (κ1) is 18.8. The summed E-state index contributed by atoms with van der Waals surface area (Å²) in [4.78, 5) is 5.57. The Morgan fingerprint density at radius 2 is 1.77 bits per heavy atom. The minimum atomic E-state index is -4.48. The lowest BCUT2D eigenvalue weighted by atomic mass is 10.0. The SMILES string of the molecule is CN(C)c1ncc(C(F)(F)F)cc1-c1ccc(NC=C(C#N)C#N)cc1. The molecule has 2 rings (SSSR count). The molecule has 2 aromatic rings. The van der Waals surface area contributed by atoms with Gasteiger partial charge in [0.05, 0.1) is 5.56 Å². The Balaban J connectivity index is 2.40. The van der Waals surface area contributed by atoms with Crippen LogP contribution in [0, 0.1) is 22.7 Å². The number of nitrogens with one attached hydrogen (secondary N) is 1. The fourth-order valence-corrected chi connectivity index (χ4v) is 2.17. The van der Waals surface area contributed by atoms with E-state index in [0.29, 0.717) is 22.6 Å². The molecule has 132 valence electrons. The van der Waals surface area contributed by atoms with Crippen molar-refractivity contribution >= 4 is 11.5 Å². The summed E-state index contributed by atoms with van der Waals surface area (Å²) in [5.74, 6) is 0.412. The van der Waals surface area contributed by atoms with E-state index in [9.17, 15) is 13.2 Å². The molecule has 1 N–H and O–H groups in total. The highest BCUT2D eigenvalue weighted by atomic mass is 19.4. The second kappa shape index (κ2) is 7.58. The largest absolute Gasteiger partial charge is 0.417 e. The first-order chi connectivity index (χ1) is 12.3. The summed E-state index contributed by atoms with van der Waals surface area (Å²) in [6, 6.07) is 11.0. The van der Waals surface area contributed by atoms with Crippen LogP contribution in [0.3, 0.4) is 0 Å². The monoisotopic (exact) mass is 357 g/mol. The lowest BCUT2D eigenvalue weighted by Crippen LogP contribution is -2.14. The summed E-state index contributed by atoms with van der Waals surface area (Å²) in [6.45, 7) is 0. The molecule has 0 aliphatic heterocycles. The van der Waals surface area contributed by atoms with Crippen molar-refractivity contribution in [1.29, 1.82) is 10.5 Å². The van der Waals surface area contributed by atoms with E-state index in [4.69, 9.17) is 10.5 Å². The van der Waals surface area contributed by atoms with E-state index < -0.39 is 11.7 Å². The molecule has 26 heavy (non-hydrogen) atoms. The lowest BCUT2D eigenvalue weighted by molar-refractivity contribution is -0.137. The number of nitrogens with zero attached hydrogens (tertiary/aromatic N) is 4. The normalized spacial score (nSPS) is 10.4. The number of alkyl halides is 3. The van der Waals surface area contributed by atoms with Gasteiger partial charge in [-0.3, -0.25) is 0 Å². The number of hydrogen-bond donors (Lipinski definition) is 1. The standard InChI is InChI=1S/C18H14F3N5/c1-26(2)17-16(7-14(11-25-17)18(19,20)21)13-3-5-15(6-4-13)24-10-12(8-22)9-23/h3-7,10-11,24H,1-2H3. The van der Waals surface area contributed by atoms with Gasteiger partial charge in [-0.1, -0.05) is 12.1 Å². The topological polar surface area (TPSA) is 75.7 Å². The fraction of sp³-hybridized carbons (Fsp3) is 0.167. The number of nitriles is 2. The van der Waals surface area contributed by atoms with Gasteiger partial charge in [-0.15, -0.1) is 0 Å². The number of rotatable bonds is 4. The number of pyridine rings is 1. The van der Waals surface area contributed by atoms with Crippen LogP contribution in [0.1, 0.15) is 5.56 Å². The van der Waals surface area contributed by atoms with Crippen LogP contribution in [-0.2, 0) is 6.18 Å². The molecular formula is C18H14F3N5. The zero-order valence-corrected chi connectivity index (χ0v) is 14.0. The van der Waals surface area contributed by atoms with E-state index in [1.807, 2.05) is 0 Å². The third-order valence-corrected chi connectivity index (χ3v) is 3.44. The van der Waals surface area contributed by atoms with Gasteiger partial charge in [-0.05, 0) is 23.8 Å². The Kier molecular flexibility index (Phi) is 5.48. The Labute approximate surface area is 148 Å².